The Hall–Kier alpha value is -2.09. The average Bonchev–Trinajstić information content (AvgIpc) is 2.45. The van der Waals surface area contributed by atoms with Crippen LogP contribution in [0.2, 0.25) is 0 Å². The third kappa shape index (κ3) is 3.94. The van der Waals surface area contributed by atoms with Gasteiger partial charge in [-0.1, -0.05) is 30.3 Å². The van der Waals surface area contributed by atoms with E-state index in [1.54, 1.807) is 30.3 Å². The van der Waals surface area contributed by atoms with Crippen molar-refractivity contribution in [1.82, 2.24) is 4.98 Å². The lowest BCUT2D eigenvalue weighted by atomic mass is 10.2. The van der Waals surface area contributed by atoms with E-state index >= 15 is 0 Å². The number of nitrogens with zero attached hydrogens (tertiary/aromatic N) is 2. The van der Waals surface area contributed by atoms with Crippen molar-refractivity contribution in [3.8, 4) is 0 Å². The second-order valence-corrected chi connectivity index (χ2v) is 5.15. The summed E-state index contributed by atoms with van der Waals surface area (Å²) in [5.74, 6) is 0. The molecule has 4 nitrogen and oxygen atoms in total. The van der Waals surface area contributed by atoms with Gasteiger partial charge in [0.15, 0.2) is 0 Å². The third-order valence-electron chi connectivity index (χ3n) is 2.57. The maximum absolute atomic E-state index is 12.4. The van der Waals surface area contributed by atoms with Crippen LogP contribution in [-0.4, -0.2) is 9.91 Å². The highest BCUT2D eigenvalue weighted by atomic mass is 32.2. The van der Waals surface area contributed by atoms with Crippen LogP contribution in [-0.2, 0) is 6.18 Å². The van der Waals surface area contributed by atoms with Gasteiger partial charge in [0.05, 0.1) is 5.56 Å². The summed E-state index contributed by atoms with van der Waals surface area (Å²) in [5.41, 5.74) is -0.432. The van der Waals surface area contributed by atoms with Gasteiger partial charge in [-0.15, -0.1) is 0 Å². The molecule has 1 unspecified atom stereocenters. The van der Waals surface area contributed by atoms with Gasteiger partial charge in [-0.3, -0.25) is 10.1 Å². The lowest BCUT2D eigenvalue weighted by Gasteiger charge is -2.10. The highest BCUT2D eigenvalue weighted by Gasteiger charge is 2.31. The van der Waals surface area contributed by atoms with Crippen LogP contribution in [0.4, 0.5) is 13.2 Å². The summed E-state index contributed by atoms with van der Waals surface area (Å²) in [7, 11) is 0. The lowest BCUT2D eigenvalue weighted by Crippen LogP contribution is -2.08. The smallest absolute Gasteiger partial charge is 0.263 e. The molecule has 0 bridgehead atoms. The Morgan fingerprint density at radius 2 is 1.81 bits per heavy atom. The largest absolute Gasteiger partial charge is 0.417 e. The normalized spacial score (nSPS) is 12.9. The average molecular weight is 314 g/mol. The predicted molar refractivity (Wildman–Crippen MR) is 71.3 cm³/mol. The van der Waals surface area contributed by atoms with Gasteiger partial charge in [0.2, 0.25) is 0 Å². The molecule has 1 atom stereocenters. The fourth-order valence-electron chi connectivity index (χ4n) is 1.58. The van der Waals surface area contributed by atoms with Crippen molar-refractivity contribution in [2.24, 2.45) is 0 Å². The van der Waals surface area contributed by atoms with Crippen LogP contribution in [0.5, 0.6) is 0 Å². The molecule has 0 N–H and O–H groups in total. The number of hydrogen-bond acceptors (Lipinski definition) is 4. The van der Waals surface area contributed by atoms with E-state index in [0.29, 0.717) is 11.8 Å². The minimum Gasteiger partial charge on any atom is -0.263 e. The van der Waals surface area contributed by atoms with Gasteiger partial charge in [-0.2, -0.15) is 13.2 Å². The van der Waals surface area contributed by atoms with Crippen LogP contribution in [0, 0.1) is 10.1 Å². The van der Waals surface area contributed by atoms with Gasteiger partial charge in [0.25, 0.3) is 5.37 Å². The Morgan fingerprint density at radius 3 is 2.29 bits per heavy atom. The molecule has 1 heterocycles. The van der Waals surface area contributed by atoms with Gasteiger partial charge in [-0.25, -0.2) is 4.98 Å². The SMILES string of the molecule is O=[N+]([O-])C(Sc1ccc(C(F)(F)F)cn1)c1ccccc1. The standard InChI is InChI=1S/C13H9F3N2O2S/c14-13(15,16)10-6-7-11(17-8-10)21-12(18(19)20)9-4-2-1-3-5-9/h1-8,12H. The maximum Gasteiger partial charge on any atom is 0.417 e. The van der Waals surface area contributed by atoms with Gasteiger partial charge in [-0.05, 0) is 23.9 Å². The molecule has 2 aromatic rings. The Balaban J connectivity index is 2.20. The lowest BCUT2D eigenvalue weighted by molar-refractivity contribution is -0.500. The summed E-state index contributed by atoms with van der Waals surface area (Å²) < 4.78 is 37.3. The van der Waals surface area contributed by atoms with Gasteiger partial charge in [0.1, 0.15) is 5.03 Å². The fourth-order valence-corrected chi connectivity index (χ4v) is 2.45. The van der Waals surface area contributed by atoms with E-state index in [9.17, 15) is 23.3 Å². The van der Waals surface area contributed by atoms with E-state index in [1.165, 1.54) is 0 Å². The predicted octanol–water partition coefficient (Wildman–Crippen LogP) is 4.17. The summed E-state index contributed by atoms with van der Waals surface area (Å²) in [6.07, 6.45) is -3.80. The number of benzene rings is 1. The van der Waals surface area contributed by atoms with Crippen LogP contribution in [0.25, 0.3) is 0 Å². The quantitative estimate of drug-likeness (QED) is 0.368. The molecule has 0 fully saturated rings. The zero-order valence-electron chi connectivity index (χ0n) is 10.4. The molecule has 0 radical (unpaired) electrons. The molecule has 21 heavy (non-hydrogen) atoms. The molecule has 0 aliphatic heterocycles. The van der Waals surface area contributed by atoms with E-state index in [-0.39, 0.29) is 5.03 Å². The van der Waals surface area contributed by atoms with Crippen molar-refractivity contribution in [3.05, 3.63) is 69.9 Å². The molecule has 8 heteroatoms. The summed E-state index contributed by atoms with van der Waals surface area (Å²) in [6, 6.07) is 10.2. The zero-order chi connectivity index (χ0) is 15.5. The molecule has 1 aromatic carbocycles. The third-order valence-corrected chi connectivity index (χ3v) is 3.72. The molecular formula is C13H9F3N2O2S. The van der Waals surface area contributed by atoms with Crippen molar-refractivity contribution < 1.29 is 18.1 Å². The number of thioether (sulfide) groups is 1. The number of aromatic nitrogens is 1. The van der Waals surface area contributed by atoms with E-state index in [0.717, 1.165) is 23.9 Å². The summed E-state index contributed by atoms with van der Waals surface area (Å²) in [5, 5.41) is 10.2. The van der Waals surface area contributed by atoms with Crippen LogP contribution in [0.3, 0.4) is 0 Å². The monoisotopic (exact) mass is 314 g/mol. The molecule has 0 aliphatic rings. The molecule has 0 spiro atoms. The van der Waals surface area contributed by atoms with E-state index < -0.39 is 22.0 Å². The molecule has 1 aromatic heterocycles. The highest BCUT2D eigenvalue weighted by Crippen LogP contribution is 2.35. The minimum atomic E-state index is -4.47. The van der Waals surface area contributed by atoms with Gasteiger partial charge < -0.3 is 0 Å². The number of hydrogen-bond donors (Lipinski definition) is 0. The van der Waals surface area contributed by atoms with Crippen molar-refractivity contribution in [3.63, 3.8) is 0 Å². The second-order valence-electron chi connectivity index (χ2n) is 4.05. The Kier molecular flexibility index (Phi) is 4.46. The number of alkyl halides is 3. The Labute approximate surface area is 122 Å². The molecular weight excluding hydrogens is 305 g/mol. The van der Waals surface area contributed by atoms with Crippen LogP contribution < -0.4 is 0 Å². The summed E-state index contributed by atoms with van der Waals surface area (Å²) in [6.45, 7) is 0. The molecule has 110 valence electrons. The number of nitro groups is 1. The molecule has 0 aliphatic carbocycles. The molecule has 0 amide bonds. The fraction of sp³-hybridized carbons (Fsp3) is 0.154. The van der Waals surface area contributed by atoms with Crippen LogP contribution >= 0.6 is 11.8 Å². The number of rotatable bonds is 4. The first-order valence-corrected chi connectivity index (χ1v) is 6.64. The molecule has 0 saturated carbocycles. The number of halogens is 3. The number of pyridine rings is 1. The van der Waals surface area contributed by atoms with E-state index in [2.05, 4.69) is 4.98 Å². The summed E-state index contributed by atoms with van der Waals surface area (Å²) >= 11 is 0.792. The highest BCUT2D eigenvalue weighted by molar-refractivity contribution is 7.99. The van der Waals surface area contributed by atoms with Crippen molar-refractivity contribution in [1.29, 1.82) is 0 Å². The summed E-state index contributed by atoms with van der Waals surface area (Å²) in [4.78, 5) is 14.2. The second kappa shape index (κ2) is 6.13. The van der Waals surface area contributed by atoms with Crippen molar-refractivity contribution in [2.45, 2.75) is 16.6 Å². The zero-order valence-corrected chi connectivity index (χ0v) is 11.3. The first-order valence-electron chi connectivity index (χ1n) is 5.76. The van der Waals surface area contributed by atoms with Gasteiger partial charge in [0, 0.05) is 16.7 Å². The first-order chi connectivity index (χ1) is 9.88. The topological polar surface area (TPSA) is 56.0 Å². The molecule has 0 saturated heterocycles. The Bertz CT molecular complexity index is 618. The Morgan fingerprint density at radius 1 is 1.14 bits per heavy atom. The minimum absolute atomic E-state index is 0.161. The van der Waals surface area contributed by atoms with Crippen molar-refractivity contribution in [2.75, 3.05) is 0 Å². The van der Waals surface area contributed by atoms with E-state index in [1.807, 2.05) is 0 Å². The van der Waals surface area contributed by atoms with Gasteiger partial charge >= 0.3 is 6.18 Å². The van der Waals surface area contributed by atoms with Crippen LogP contribution in [0.1, 0.15) is 16.5 Å². The maximum atomic E-state index is 12.4. The molecule has 2 rings (SSSR count). The van der Waals surface area contributed by atoms with E-state index in [4.69, 9.17) is 0 Å². The van der Waals surface area contributed by atoms with Crippen LogP contribution in [0.15, 0.2) is 53.7 Å². The first kappa shape index (κ1) is 15.3. The van der Waals surface area contributed by atoms with Crippen molar-refractivity contribution >= 4 is 11.8 Å².